The van der Waals surface area contributed by atoms with Gasteiger partial charge < -0.3 is 4.98 Å². The van der Waals surface area contributed by atoms with Crippen LogP contribution in [0.1, 0.15) is 25.1 Å². The Bertz CT molecular complexity index is 424. The van der Waals surface area contributed by atoms with Gasteiger partial charge in [-0.3, -0.25) is 4.79 Å². The van der Waals surface area contributed by atoms with Gasteiger partial charge in [-0.05, 0) is 19.3 Å². The average Bonchev–Trinajstić information content (AvgIpc) is 2.20. The summed E-state index contributed by atoms with van der Waals surface area (Å²) in [5, 5.41) is 0.676. The summed E-state index contributed by atoms with van der Waals surface area (Å²) in [6.45, 7) is 9.72. The summed E-state index contributed by atoms with van der Waals surface area (Å²) in [5.41, 5.74) is 1.63. The fourth-order valence-electron chi connectivity index (χ4n) is 1.44. The molecule has 0 bridgehead atoms. The smallest absolute Gasteiger partial charge is 0.254 e. The van der Waals surface area contributed by atoms with Crippen molar-refractivity contribution < 1.29 is 0 Å². The van der Waals surface area contributed by atoms with Gasteiger partial charge >= 0.3 is 0 Å². The molecule has 4 heteroatoms. The van der Waals surface area contributed by atoms with Crippen LogP contribution >= 0.6 is 11.8 Å². The first kappa shape index (κ1) is 13.0. The molecule has 0 aliphatic heterocycles. The van der Waals surface area contributed by atoms with Crippen molar-refractivity contribution in [2.75, 3.05) is 5.75 Å². The monoisotopic (exact) mass is 238 g/mol. The summed E-state index contributed by atoms with van der Waals surface area (Å²) in [6, 6.07) is 0. The summed E-state index contributed by atoms with van der Waals surface area (Å²) in [6.07, 6.45) is 2.57. The maximum absolute atomic E-state index is 11.8. The molecule has 0 fully saturated rings. The van der Waals surface area contributed by atoms with Crippen molar-refractivity contribution >= 4 is 11.8 Å². The number of aryl methyl sites for hydroxylation is 1. The summed E-state index contributed by atoms with van der Waals surface area (Å²) in [4.78, 5) is 19.0. The van der Waals surface area contributed by atoms with Crippen LogP contribution in [0.2, 0.25) is 0 Å². The minimum absolute atomic E-state index is 0.00670. The van der Waals surface area contributed by atoms with Gasteiger partial charge in [0.2, 0.25) is 0 Å². The molecule has 1 heterocycles. The third-order valence-corrected chi connectivity index (χ3v) is 3.02. The van der Waals surface area contributed by atoms with Crippen LogP contribution in [0.15, 0.2) is 22.6 Å². The van der Waals surface area contributed by atoms with Crippen molar-refractivity contribution in [3.63, 3.8) is 0 Å². The lowest BCUT2D eigenvalue weighted by atomic mass is 10.0. The van der Waals surface area contributed by atoms with Crippen LogP contribution in [-0.4, -0.2) is 15.7 Å². The van der Waals surface area contributed by atoms with Crippen LogP contribution in [0.3, 0.4) is 0 Å². The van der Waals surface area contributed by atoms with E-state index in [2.05, 4.69) is 30.4 Å². The zero-order chi connectivity index (χ0) is 12.1. The molecule has 0 spiro atoms. The van der Waals surface area contributed by atoms with E-state index in [0.29, 0.717) is 11.1 Å². The summed E-state index contributed by atoms with van der Waals surface area (Å²) in [7, 11) is 0. The highest BCUT2D eigenvalue weighted by atomic mass is 32.2. The predicted molar refractivity (Wildman–Crippen MR) is 69.1 cm³/mol. The highest BCUT2D eigenvalue weighted by molar-refractivity contribution is 7.99. The molecule has 0 aromatic carbocycles. The maximum Gasteiger partial charge on any atom is 0.254 e. The van der Waals surface area contributed by atoms with E-state index < -0.39 is 0 Å². The lowest BCUT2D eigenvalue weighted by Crippen LogP contribution is -2.19. The van der Waals surface area contributed by atoms with E-state index in [1.54, 1.807) is 6.08 Å². The number of nitrogens with zero attached hydrogens (tertiary/aromatic N) is 1. The fourth-order valence-corrected chi connectivity index (χ4v) is 2.08. The second kappa shape index (κ2) is 5.89. The molecule has 1 aromatic heterocycles. The quantitative estimate of drug-likeness (QED) is 0.487. The van der Waals surface area contributed by atoms with Crippen molar-refractivity contribution in [3.8, 4) is 0 Å². The molecular weight excluding hydrogens is 220 g/mol. The van der Waals surface area contributed by atoms with Crippen molar-refractivity contribution in [1.82, 2.24) is 9.97 Å². The zero-order valence-electron chi connectivity index (χ0n) is 10.0. The van der Waals surface area contributed by atoms with Gasteiger partial charge in [0.1, 0.15) is 0 Å². The first-order chi connectivity index (χ1) is 7.54. The molecule has 0 unspecified atom stereocenters. The maximum atomic E-state index is 11.8. The fraction of sp³-hybridized carbons (Fsp3) is 0.500. The second-order valence-electron chi connectivity index (χ2n) is 4.13. The highest BCUT2D eigenvalue weighted by Crippen LogP contribution is 2.13. The zero-order valence-corrected chi connectivity index (χ0v) is 10.9. The molecule has 0 radical (unpaired) electrons. The number of aromatic nitrogens is 2. The number of rotatable bonds is 5. The Morgan fingerprint density at radius 2 is 2.25 bits per heavy atom. The highest BCUT2D eigenvalue weighted by Gasteiger charge is 2.09. The molecule has 1 aromatic rings. The van der Waals surface area contributed by atoms with Gasteiger partial charge in [-0.1, -0.05) is 31.7 Å². The molecule has 16 heavy (non-hydrogen) atoms. The topological polar surface area (TPSA) is 45.8 Å². The second-order valence-corrected chi connectivity index (χ2v) is 5.14. The predicted octanol–water partition coefficient (Wildman–Crippen LogP) is 2.55. The van der Waals surface area contributed by atoms with E-state index in [0.717, 1.165) is 23.4 Å². The van der Waals surface area contributed by atoms with Crippen LogP contribution in [0, 0.1) is 12.8 Å². The number of thioether (sulfide) groups is 1. The van der Waals surface area contributed by atoms with Crippen LogP contribution in [0.25, 0.3) is 0 Å². The summed E-state index contributed by atoms with van der Waals surface area (Å²) < 4.78 is 0. The normalized spacial score (nSPS) is 10.8. The van der Waals surface area contributed by atoms with Crippen molar-refractivity contribution in [1.29, 1.82) is 0 Å². The van der Waals surface area contributed by atoms with E-state index in [4.69, 9.17) is 0 Å². The third kappa shape index (κ3) is 3.52. The van der Waals surface area contributed by atoms with Gasteiger partial charge in [0, 0.05) is 17.0 Å². The van der Waals surface area contributed by atoms with Gasteiger partial charge in [0.15, 0.2) is 5.16 Å². The van der Waals surface area contributed by atoms with Gasteiger partial charge in [-0.2, -0.15) is 0 Å². The van der Waals surface area contributed by atoms with Crippen LogP contribution in [0.4, 0.5) is 0 Å². The van der Waals surface area contributed by atoms with Gasteiger partial charge in [-0.25, -0.2) is 4.98 Å². The summed E-state index contributed by atoms with van der Waals surface area (Å²) in [5.74, 6) is 1.22. The Morgan fingerprint density at radius 3 is 2.75 bits per heavy atom. The van der Waals surface area contributed by atoms with E-state index in [-0.39, 0.29) is 5.56 Å². The molecule has 3 nitrogen and oxygen atoms in total. The van der Waals surface area contributed by atoms with Gasteiger partial charge in [0.05, 0.1) is 0 Å². The Morgan fingerprint density at radius 1 is 1.56 bits per heavy atom. The Balaban J connectivity index is 2.98. The first-order valence-corrected chi connectivity index (χ1v) is 6.36. The lowest BCUT2D eigenvalue weighted by molar-refractivity contribution is 0.632. The Hall–Kier alpha value is -1.03. The van der Waals surface area contributed by atoms with Crippen molar-refractivity contribution in [3.05, 3.63) is 34.3 Å². The molecule has 0 aliphatic carbocycles. The molecule has 0 saturated carbocycles. The largest absolute Gasteiger partial charge is 0.301 e. The average molecular weight is 238 g/mol. The number of aromatic amines is 1. The minimum Gasteiger partial charge on any atom is -0.301 e. The number of H-pyrrole nitrogens is 1. The SMILES string of the molecule is C=CCSc1nc(C)c(CC(C)C)c(=O)[nH]1. The van der Waals surface area contributed by atoms with Gasteiger partial charge in [0.25, 0.3) is 5.56 Å². The van der Waals surface area contributed by atoms with Crippen LogP contribution in [-0.2, 0) is 6.42 Å². The Kier molecular flexibility index (Phi) is 4.80. The summed E-state index contributed by atoms with van der Waals surface area (Å²) >= 11 is 1.49. The van der Waals surface area contributed by atoms with Gasteiger partial charge in [-0.15, -0.1) is 6.58 Å². The van der Waals surface area contributed by atoms with Crippen LogP contribution < -0.4 is 5.56 Å². The lowest BCUT2D eigenvalue weighted by Gasteiger charge is -2.08. The number of nitrogens with one attached hydrogen (secondary N) is 1. The molecular formula is C12H18N2OS. The van der Waals surface area contributed by atoms with E-state index >= 15 is 0 Å². The van der Waals surface area contributed by atoms with Crippen LogP contribution in [0.5, 0.6) is 0 Å². The molecule has 0 amide bonds. The molecule has 0 saturated heterocycles. The molecule has 88 valence electrons. The standard InChI is InChI=1S/C12H18N2OS/c1-5-6-16-12-13-9(4)10(7-8(2)3)11(15)14-12/h5,8H,1,6-7H2,2-4H3,(H,13,14,15). The molecule has 1 rings (SSSR count). The number of hydrogen-bond donors (Lipinski definition) is 1. The third-order valence-electron chi connectivity index (χ3n) is 2.15. The van der Waals surface area contributed by atoms with E-state index in [9.17, 15) is 4.79 Å². The molecule has 1 N–H and O–H groups in total. The first-order valence-electron chi connectivity index (χ1n) is 5.38. The van der Waals surface area contributed by atoms with E-state index in [1.807, 2.05) is 6.92 Å². The van der Waals surface area contributed by atoms with Crippen molar-refractivity contribution in [2.45, 2.75) is 32.3 Å². The Labute approximate surface area is 100 Å². The van der Waals surface area contributed by atoms with E-state index in [1.165, 1.54) is 11.8 Å². The molecule has 0 atom stereocenters. The minimum atomic E-state index is -0.00670. The number of hydrogen-bond acceptors (Lipinski definition) is 3. The van der Waals surface area contributed by atoms with Crippen molar-refractivity contribution in [2.24, 2.45) is 5.92 Å². The molecule has 0 aliphatic rings.